The Labute approximate surface area is 183 Å². The first-order valence-electron chi connectivity index (χ1n) is 9.99. The number of anilines is 1. The van der Waals surface area contributed by atoms with Crippen LogP contribution in [0, 0.1) is 6.92 Å². The van der Waals surface area contributed by atoms with Crippen molar-refractivity contribution in [3.63, 3.8) is 0 Å². The first-order valence-corrected chi connectivity index (χ1v) is 11.8. The van der Waals surface area contributed by atoms with Crippen LogP contribution in [0.5, 0.6) is 0 Å². The highest BCUT2D eigenvalue weighted by atomic mass is 35.5. The van der Waals surface area contributed by atoms with Crippen molar-refractivity contribution in [2.24, 2.45) is 0 Å². The molecule has 3 rings (SSSR count). The van der Waals surface area contributed by atoms with E-state index in [-0.39, 0.29) is 23.4 Å². The van der Waals surface area contributed by atoms with Gasteiger partial charge in [-0.25, -0.2) is 8.42 Å². The zero-order valence-electron chi connectivity index (χ0n) is 17.2. The van der Waals surface area contributed by atoms with E-state index in [1.807, 2.05) is 13.0 Å². The van der Waals surface area contributed by atoms with E-state index in [4.69, 9.17) is 11.6 Å². The second-order valence-electron chi connectivity index (χ2n) is 7.73. The predicted molar refractivity (Wildman–Crippen MR) is 118 cm³/mol. The first kappa shape index (κ1) is 22.6. The third-order valence-corrected chi connectivity index (χ3v) is 7.59. The number of carbonyl (C=O) groups excluding carboxylic acids is 1. The largest absolute Gasteiger partial charge is 0.391 e. The maximum absolute atomic E-state index is 13.4. The molecule has 2 aromatic rings. The molecule has 1 aliphatic carbocycles. The van der Waals surface area contributed by atoms with Gasteiger partial charge in [-0.1, -0.05) is 36.6 Å². The van der Waals surface area contributed by atoms with E-state index in [2.05, 4.69) is 0 Å². The summed E-state index contributed by atoms with van der Waals surface area (Å²) >= 11 is 5.91. The van der Waals surface area contributed by atoms with Crippen molar-refractivity contribution in [1.82, 2.24) is 4.90 Å². The Morgan fingerprint density at radius 1 is 1.13 bits per heavy atom. The molecule has 0 aromatic heterocycles. The van der Waals surface area contributed by atoms with Gasteiger partial charge in [-0.15, -0.1) is 0 Å². The van der Waals surface area contributed by atoms with Gasteiger partial charge in [-0.2, -0.15) is 0 Å². The molecule has 0 aliphatic heterocycles. The molecule has 8 heteroatoms. The van der Waals surface area contributed by atoms with Crippen LogP contribution in [0.2, 0.25) is 5.02 Å². The fourth-order valence-corrected chi connectivity index (χ4v) is 5.33. The Hall–Kier alpha value is -2.09. The lowest BCUT2D eigenvalue weighted by Crippen LogP contribution is -2.50. The van der Waals surface area contributed by atoms with E-state index in [9.17, 15) is 18.3 Å². The van der Waals surface area contributed by atoms with E-state index in [0.717, 1.165) is 22.7 Å². The molecule has 1 N–H and O–H groups in total. The lowest BCUT2D eigenvalue weighted by molar-refractivity contribution is -0.133. The molecule has 2 aromatic carbocycles. The molecule has 0 saturated heterocycles. The van der Waals surface area contributed by atoms with Gasteiger partial charge in [0.1, 0.15) is 6.54 Å². The molecule has 162 valence electrons. The summed E-state index contributed by atoms with van der Waals surface area (Å²) < 4.78 is 28.0. The highest BCUT2D eigenvalue weighted by Gasteiger charge is 2.33. The topological polar surface area (TPSA) is 77.9 Å². The molecule has 0 spiro atoms. The van der Waals surface area contributed by atoms with Crippen molar-refractivity contribution < 1.29 is 18.3 Å². The summed E-state index contributed by atoms with van der Waals surface area (Å²) in [5.41, 5.74) is 1.29. The fourth-order valence-electron chi connectivity index (χ4n) is 3.79. The normalized spacial score (nSPS) is 19.3. The van der Waals surface area contributed by atoms with Crippen LogP contribution in [0.4, 0.5) is 5.69 Å². The summed E-state index contributed by atoms with van der Waals surface area (Å²) in [7, 11) is -2.37. The number of aliphatic hydroxyl groups is 1. The molecule has 0 radical (unpaired) electrons. The number of benzene rings is 2. The van der Waals surface area contributed by atoms with E-state index >= 15 is 0 Å². The third-order valence-electron chi connectivity index (χ3n) is 5.55. The second kappa shape index (κ2) is 9.37. The average Bonchev–Trinajstić information content (AvgIpc) is 2.72. The Morgan fingerprint density at radius 2 is 1.80 bits per heavy atom. The summed E-state index contributed by atoms with van der Waals surface area (Å²) in [5.74, 6) is -0.361. The predicted octanol–water partition coefficient (Wildman–Crippen LogP) is 3.61. The fraction of sp³-hybridized carbons (Fsp3) is 0.409. The average molecular weight is 451 g/mol. The van der Waals surface area contributed by atoms with Gasteiger partial charge in [0.15, 0.2) is 0 Å². The van der Waals surface area contributed by atoms with Gasteiger partial charge < -0.3 is 10.0 Å². The minimum Gasteiger partial charge on any atom is -0.391 e. The van der Waals surface area contributed by atoms with Gasteiger partial charge in [0, 0.05) is 12.1 Å². The van der Waals surface area contributed by atoms with Gasteiger partial charge >= 0.3 is 0 Å². The van der Waals surface area contributed by atoms with Crippen LogP contribution >= 0.6 is 11.6 Å². The van der Waals surface area contributed by atoms with Gasteiger partial charge in [-0.3, -0.25) is 9.10 Å². The minimum atomic E-state index is -4.00. The summed E-state index contributed by atoms with van der Waals surface area (Å²) in [6, 6.07) is 12.6. The maximum Gasteiger partial charge on any atom is 0.264 e. The number of aliphatic hydroxyl groups excluding tert-OH is 1. The van der Waals surface area contributed by atoms with E-state index < -0.39 is 16.1 Å². The highest BCUT2D eigenvalue weighted by molar-refractivity contribution is 7.92. The van der Waals surface area contributed by atoms with Crippen LogP contribution in [-0.2, 0) is 14.8 Å². The lowest BCUT2D eigenvalue weighted by atomic mass is 9.91. The number of hydrogen-bond donors (Lipinski definition) is 1. The standard InChI is InChI=1S/C22H27ClN2O4S/c1-16-6-5-7-18(14-16)25(30(28,29)19-12-10-17(23)11-13-19)15-22(27)24(2)20-8-3-4-9-21(20)26/h5-7,10-14,20-21,26H,3-4,8-9,15H2,1-2H3. The van der Waals surface area contributed by atoms with Crippen molar-refractivity contribution in [1.29, 1.82) is 0 Å². The molecule has 1 saturated carbocycles. The number of aryl methyl sites for hydroxylation is 1. The van der Waals surface area contributed by atoms with Gasteiger partial charge in [-0.05, 0) is 61.7 Å². The molecule has 0 heterocycles. The molecule has 1 amide bonds. The third kappa shape index (κ3) is 4.96. The molecule has 2 atom stereocenters. The maximum atomic E-state index is 13.4. The van der Waals surface area contributed by atoms with Crippen LogP contribution in [0.25, 0.3) is 0 Å². The molecule has 0 bridgehead atoms. The summed E-state index contributed by atoms with van der Waals surface area (Å²) in [4.78, 5) is 14.6. The number of halogens is 1. The molecule has 2 unspecified atom stereocenters. The monoisotopic (exact) mass is 450 g/mol. The zero-order valence-corrected chi connectivity index (χ0v) is 18.7. The Balaban J connectivity index is 1.94. The van der Waals surface area contributed by atoms with Crippen molar-refractivity contribution in [2.75, 3.05) is 17.9 Å². The van der Waals surface area contributed by atoms with Crippen LogP contribution in [0.1, 0.15) is 31.2 Å². The number of sulfonamides is 1. The Kier molecular flexibility index (Phi) is 7.06. The molecule has 1 fully saturated rings. The lowest BCUT2D eigenvalue weighted by Gasteiger charge is -2.36. The van der Waals surface area contributed by atoms with Crippen molar-refractivity contribution in [3.8, 4) is 0 Å². The molecule has 6 nitrogen and oxygen atoms in total. The van der Waals surface area contributed by atoms with Crippen molar-refractivity contribution >= 4 is 33.2 Å². The Morgan fingerprint density at radius 3 is 2.43 bits per heavy atom. The van der Waals surface area contributed by atoms with Crippen molar-refractivity contribution in [3.05, 3.63) is 59.1 Å². The first-order chi connectivity index (χ1) is 14.2. The smallest absolute Gasteiger partial charge is 0.264 e. The second-order valence-corrected chi connectivity index (χ2v) is 10.0. The number of likely N-dealkylation sites (N-methyl/N-ethyl adjacent to an activating group) is 1. The number of carbonyl (C=O) groups is 1. The Bertz CT molecular complexity index is 994. The van der Waals surface area contributed by atoms with Gasteiger partial charge in [0.25, 0.3) is 10.0 Å². The van der Waals surface area contributed by atoms with Crippen LogP contribution in [0.3, 0.4) is 0 Å². The molecule has 1 aliphatic rings. The van der Waals surface area contributed by atoms with Crippen LogP contribution in [-0.4, -0.2) is 50.1 Å². The minimum absolute atomic E-state index is 0.0570. The molecule has 30 heavy (non-hydrogen) atoms. The summed E-state index contributed by atoms with van der Waals surface area (Å²) in [6.07, 6.45) is 2.63. The summed E-state index contributed by atoms with van der Waals surface area (Å²) in [5, 5.41) is 10.7. The van der Waals surface area contributed by atoms with E-state index in [1.165, 1.54) is 29.2 Å². The van der Waals surface area contributed by atoms with E-state index in [1.54, 1.807) is 25.2 Å². The SMILES string of the molecule is Cc1cccc(N(CC(=O)N(C)C2CCCCC2O)S(=O)(=O)c2ccc(Cl)cc2)c1. The number of amides is 1. The van der Waals surface area contributed by atoms with Crippen LogP contribution < -0.4 is 4.31 Å². The van der Waals surface area contributed by atoms with Gasteiger partial charge in [0.05, 0.1) is 22.7 Å². The highest BCUT2D eigenvalue weighted by Crippen LogP contribution is 2.27. The number of nitrogens with zero attached hydrogens (tertiary/aromatic N) is 2. The molecular formula is C22H27ClN2O4S. The van der Waals surface area contributed by atoms with Crippen LogP contribution in [0.15, 0.2) is 53.4 Å². The van der Waals surface area contributed by atoms with Gasteiger partial charge in [0.2, 0.25) is 5.91 Å². The summed E-state index contributed by atoms with van der Waals surface area (Å²) in [6.45, 7) is 1.51. The number of rotatable bonds is 6. The quantitative estimate of drug-likeness (QED) is 0.729. The van der Waals surface area contributed by atoms with E-state index in [0.29, 0.717) is 23.6 Å². The molecular weight excluding hydrogens is 424 g/mol. The zero-order chi connectivity index (χ0) is 21.9. The number of hydrogen-bond acceptors (Lipinski definition) is 4. The van der Waals surface area contributed by atoms with Crippen molar-refractivity contribution in [2.45, 2.75) is 49.6 Å².